The molecule has 1 saturated carbocycles. The fourth-order valence-corrected chi connectivity index (χ4v) is 5.39. The number of nitrogen functional groups attached to an aromatic ring is 1. The van der Waals surface area contributed by atoms with Gasteiger partial charge in [-0.25, -0.2) is 9.97 Å². The molecular formula is C30H37N7O2. The Morgan fingerprint density at radius 1 is 1.18 bits per heavy atom. The van der Waals surface area contributed by atoms with Crippen LogP contribution in [0.15, 0.2) is 48.8 Å². The first-order valence-corrected chi connectivity index (χ1v) is 13.4. The maximum Gasteiger partial charge on any atom is 0.227 e. The predicted molar refractivity (Wildman–Crippen MR) is 157 cm³/mol. The molecule has 39 heavy (non-hydrogen) atoms. The molecule has 9 heteroatoms. The minimum Gasteiger partial charge on any atom is -0.494 e. The van der Waals surface area contributed by atoms with E-state index in [9.17, 15) is 0 Å². The number of methoxy groups -OCH3 is 1. The third-order valence-electron chi connectivity index (χ3n) is 8.23. The minimum absolute atomic E-state index is 0.0328. The van der Waals surface area contributed by atoms with E-state index < -0.39 is 0 Å². The lowest BCUT2D eigenvalue weighted by Gasteiger charge is -2.37. The third-order valence-corrected chi connectivity index (χ3v) is 8.23. The first kappa shape index (κ1) is 25.3. The number of anilines is 4. The molecule has 2 aliphatic rings. The largest absolute Gasteiger partial charge is 0.494 e. The van der Waals surface area contributed by atoms with E-state index in [2.05, 4.69) is 77.0 Å². The zero-order valence-electron chi connectivity index (χ0n) is 23.6. The number of aromatic nitrogens is 3. The maximum atomic E-state index is 6.54. The zero-order chi connectivity index (χ0) is 27.5. The van der Waals surface area contributed by atoms with Crippen molar-refractivity contribution in [2.75, 3.05) is 50.7 Å². The van der Waals surface area contributed by atoms with Crippen molar-refractivity contribution >= 4 is 33.9 Å². The van der Waals surface area contributed by atoms with E-state index in [4.69, 9.17) is 20.2 Å². The van der Waals surface area contributed by atoms with Gasteiger partial charge in [0, 0.05) is 48.5 Å². The van der Waals surface area contributed by atoms with E-state index in [1.165, 1.54) is 0 Å². The molecule has 1 fully saturated rings. The number of nitrogens with two attached hydrogens (primary N) is 1. The van der Waals surface area contributed by atoms with E-state index in [1.807, 2.05) is 25.2 Å². The lowest BCUT2D eigenvalue weighted by atomic mass is 10.0. The highest BCUT2D eigenvalue weighted by Gasteiger charge is 2.48. The van der Waals surface area contributed by atoms with Crippen LogP contribution in [-0.2, 0) is 6.54 Å². The van der Waals surface area contributed by atoms with Gasteiger partial charge in [0.25, 0.3) is 0 Å². The molecular weight excluding hydrogens is 490 g/mol. The van der Waals surface area contributed by atoms with Crippen LogP contribution in [-0.4, -0.2) is 65.4 Å². The Morgan fingerprint density at radius 3 is 2.69 bits per heavy atom. The first-order valence-electron chi connectivity index (χ1n) is 13.4. The Morgan fingerprint density at radius 2 is 1.97 bits per heavy atom. The molecule has 3 heterocycles. The molecule has 2 aromatic heterocycles. The first-order chi connectivity index (χ1) is 18.6. The lowest BCUT2D eigenvalue weighted by Crippen LogP contribution is -2.47. The zero-order valence-corrected chi connectivity index (χ0v) is 23.6. The summed E-state index contributed by atoms with van der Waals surface area (Å²) in [6.45, 7) is 6.08. The monoisotopic (exact) mass is 527 g/mol. The Kier molecular flexibility index (Phi) is 5.87. The highest BCUT2D eigenvalue weighted by Crippen LogP contribution is 2.49. The molecule has 1 aliphatic carbocycles. The molecule has 0 atom stereocenters. The summed E-state index contributed by atoms with van der Waals surface area (Å²) in [5.74, 6) is 2.10. The SMILES string of the molecule is COc1cc(N(C)CC(C)(C)N(C)C)c(N)cc1Nc1nccc(-c2cn3c4c(cccc24)OC2(CC2)C3)n1. The molecule has 0 saturated heterocycles. The molecule has 204 valence electrons. The van der Waals surface area contributed by atoms with Gasteiger partial charge in [-0.1, -0.05) is 12.1 Å². The molecule has 3 N–H and O–H groups in total. The van der Waals surface area contributed by atoms with Crippen molar-refractivity contribution in [3.63, 3.8) is 0 Å². The summed E-state index contributed by atoms with van der Waals surface area (Å²) in [5.41, 5.74) is 11.8. The Bertz CT molecular complexity index is 1550. The van der Waals surface area contributed by atoms with Crippen LogP contribution in [0, 0.1) is 0 Å². The molecule has 0 amide bonds. The Balaban J connectivity index is 1.30. The van der Waals surface area contributed by atoms with Crippen molar-refractivity contribution in [3.05, 3.63) is 48.8 Å². The summed E-state index contributed by atoms with van der Waals surface area (Å²) in [4.78, 5) is 13.7. The Labute approximate surface area is 229 Å². The van der Waals surface area contributed by atoms with Gasteiger partial charge in [0.05, 0.1) is 41.9 Å². The van der Waals surface area contributed by atoms with Gasteiger partial charge in [-0.05, 0) is 59.0 Å². The second-order valence-electron chi connectivity index (χ2n) is 11.7. The van der Waals surface area contributed by atoms with Gasteiger partial charge >= 0.3 is 0 Å². The Hall–Kier alpha value is -3.98. The van der Waals surface area contributed by atoms with Crippen LogP contribution in [0.3, 0.4) is 0 Å². The fraction of sp³-hybridized carbons (Fsp3) is 0.400. The fourth-order valence-electron chi connectivity index (χ4n) is 5.39. The predicted octanol–water partition coefficient (Wildman–Crippen LogP) is 5.13. The second kappa shape index (κ2) is 9.05. The number of para-hydroxylation sites is 1. The number of rotatable bonds is 8. The third kappa shape index (κ3) is 4.50. The number of hydrogen-bond donors (Lipinski definition) is 2. The summed E-state index contributed by atoms with van der Waals surface area (Å²) < 4.78 is 14.4. The topological polar surface area (TPSA) is 93.7 Å². The molecule has 1 aliphatic heterocycles. The van der Waals surface area contributed by atoms with E-state index in [0.29, 0.717) is 23.1 Å². The van der Waals surface area contributed by atoms with Gasteiger partial charge < -0.3 is 34.9 Å². The average molecular weight is 528 g/mol. The summed E-state index contributed by atoms with van der Waals surface area (Å²) in [5, 5.41) is 4.46. The van der Waals surface area contributed by atoms with Gasteiger partial charge in [0.2, 0.25) is 5.95 Å². The van der Waals surface area contributed by atoms with Crippen molar-refractivity contribution in [2.24, 2.45) is 0 Å². The van der Waals surface area contributed by atoms with Crippen LogP contribution >= 0.6 is 0 Å². The number of nitrogens with one attached hydrogen (secondary N) is 1. The van der Waals surface area contributed by atoms with Gasteiger partial charge in [-0.2, -0.15) is 0 Å². The quantitative estimate of drug-likeness (QED) is 0.305. The molecule has 4 aromatic rings. The number of benzene rings is 2. The molecule has 6 rings (SSSR count). The van der Waals surface area contributed by atoms with Crippen LogP contribution in [0.4, 0.5) is 23.0 Å². The number of hydrogen-bond acceptors (Lipinski definition) is 8. The van der Waals surface area contributed by atoms with E-state index in [0.717, 1.165) is 59.5 Å². The maximum absolute atomic E-state index is 6.54. The molecule has 2 aromatic carbocycles. The van der Waals surface area contributed by atoms with Crippen LogP contribution < -0.4 is 25.4 Å². The van der Waals surface area contributed by atoms with Gasteiger partial charge in [-0.3, -0.25) is 0 Å². The highest BCUT2D eigenvalue weighted by molar-refractivity contribution is 5.99. The van der Waals surface area contributed by atoms with Crippen LogP contribution in [0.25, 0.3) is 22.2 Å². The molecule has 9 nitrogen and oxygen atoms in total. The summed E-state index contributed by atoms with van der Waals surface area (Å²) in [6, 6.07) is 12.0. The second-order valence-corrected chi connectivity index (χ2v) is 11.7. The normalized spacial score (nSPS) is 15.5. The van der Waals surface area contributed by atoms with Crippen LogP contribution in [0.2, 0.25) is 0 Å². The van der Waals surface area contributed by atoms with Gasteiger partial charge in [0.1, 0.15) is 17.1 Å². The van der Waals surface area contributed by atoms with E-state index >= 15 is 0 Å². The van der Waals surface area contributed by atoms with Crippen LogP contribution in [0.5, 0.6) is 11.5 Å². The number of likely N-dealkylation sites (N-methyl/N-ethyl adjacent to an activating group) is 2. The summed E-state index contributed by atoms with van der Waals surface area (Å²) in [7, 11) is 7.87. The van der Waals surface area contributed by atoms with Crippen LogP contribution in [0.1, 0.15) is 26.7 Å². The summed E-state index contributed by atoms with van der Waals surface area (Å²) >= 11 is 0. The van der Waals surface area contributed by atoms with Gasteiger partial charge in [-0.15, -0.1) is 0 Å². The molecule has 1 spiro atoms. The standard InChI is InChI=1S/C30H37N7O2/c1-29(2,35(3)4)17-36(5)24-15-26(38-6)23(14-21(24)31)34-28-32-13-10-22(33-28)20-16-37-18-30(11-12-30)39-25-9-7-8-19(20)27(25)37/h7-10,13-16H,11-12,17-18,31H2,1-6H3,(H,32,33,34). The van der Waals surface area contributed by atoms with E-state index in [-0.39, 0.29) is 11.1 Å². The van der Waals surface area contributed by atoms with E-state index in [1.54, 1.807) is 13.3 Å². The molecule has 0 radical (unpaired) electrons. The van der Waals surface area contributed by atoms with Crippen molar-refractivity contribution < 1.29 is 9.47 Å². The minimum atomic E-state index is -0.0334. The highest BCUT2D eigenvalue weighted by atomic mass is 16.5. The number of nitrogens with zero attached hydrogens (tertiary/aromatic N) is 5. The molecule has 0 bridgehead atoms. The lowest BCUT2D eigenvalue weighted by molar-refractivity contribution is 0.148. The molecule has 0 unspecified atom stereocenters. The smallest absolute Gasteiger partial charge is 0.227 e. The van der Waals surface area contributed by atoms with Gasteiger partial charge in [0.15, 0.2) is 0 Å². The van der Waals surface area contributed by atoms with Crippen molar-refractivity contribution in [2.45, 2.75) is 44.4 Å². The van der Waals surface area contributed by atoms with Crippen molar-refractivity contribution in [3.8, 4) is 22.8 Å². The van der Waals surface area contributed by atoms with Crippen molar-refractivity contribution in [1.29, 1.82) is 0 Å². The number of ether oxygens (including phenoxy) is 2. The van der Waals surface area contributed by atoms with Crippen molar-refractivity contribution in [1.82, 2.24) is 19.4 Å². The average Bonchev–Trinajstić information content (AvgIpc) is 3.52. The summed E-state index contributed by atoms with van der Waals surface area (Å²) in [6.07, 6.45) is 6.18.